The van der Waals surface area contributed by atoms with Crippen LogP contribution in [0.4, 0.5) is 0 Å². The van der Waals surface area contributed by atoms with E-state index in [1.54, 1.807) is 11.8 Å². The number of hydrogen-bond donors (Lipinski definition) is 0. The van der Waals surface area contributed by atoms with Crippen molar-refractivity contribution in [2.45, 2.75) is 32.6 Å². The van der Waals surface area contributed by atoms with Gasteiger partial charge in [0.1, 0.15) is 5.69 Å². The minimum atomic E-state index is 0.0656. The van der Waals surface area contributed by atoms with Crippen molar-refractivity contribution in [2.24, 2.45) is 13.0 Å². The normalized spacial score (nSPS) is 14.8. The molecule has 1 amide bonds. The number of carbonyl (C=O) groups is 1. The van der Waals surface area contributed by atoms with Gasteiger partial charge in [0.15, 0.2) is 0 Å². The molecule has 112 valence electrons. The molecular weight excluding hydrogens is 254 g/mol. The van der Waals surface area contributed by atoms with Crippen LogP contribution in [0.5, 0.6) is 0 Å². The van der Waals surface area contributed by atoms with Crippen molar-refractivity contribution in [3.63, 3.8) is 0 Å². The topological polar surface area (TPSA) is 47.4 Å². The Morgan fingerprint density at radius 2 is 2.25 bits per heavy atom. The molecule has 20 heavy (non-hydrogen) atoms. The number of rotatable bonds is 7. The zero-order valence-corrected chi connectivity index (χ0v) is 12.9. The third-order valence-corrected chi connectivity index (χ3v) is 3.74. The van der Waals surface area contributed by atoms with E-state index in [4.69, 9.17) is 4.74 Å². The predicted molar refractivity (Wildman–Crippen MR) is 77.8 cm³/mol. The Bertz CT molecular complexity index is 464. The quantitative estimate of drug-likeness (QED) is 0.767. The first-order valence-corrected chi connectivity index (χ1v) is 7.35. The van der Waals surface area contributed by atoms with Crippen molar-refractivity contribution in [1.29, 1.82) is 0 Å². The van der Waals surface area contributed by atoms with Crippen molar-refractivity contribution >= 4 is 5.91 Å². The smallest absolute Gasteiger partial charge is 0.272 e. The van der Waals surface area contributed by atoms with E-state index in [2.05, 4.69) is 18.9 Å². The molecule has 0 N–H and O–H groups in total. The maximum absolute atomic E-state index is 12.7. The molecule has 1 saturated carbocycles. The molecule has 0 saturated heterocycles. The summed E-state index contributed by atoms with van der Waals surface area (Å²) in [6, 6.07) is 1.92. The summed E-state index contributed by atoms with van der Waals surface area (Å²) in [7, 11) is 3.51. The third kappa shape index (κ3) is 3.60. The maximum atomic E-state index is 12.7. The fourth-order valence-electron chi connectivity index (χ4n) is 2.22. The van der Waals surface area contributed by atoms with Crippen LogP contribution in [0.3, 0.4) is 0 Å². The first-order chi connectivity index (χ1) is 9.52. The number of ether oxygens (including phenoxy) is 1. The van der Waals surface area contributed by atoms with E-state index in [0.29, 0.717) is 30.7 Å². The lowest BCUT2D eigenvalue weighted by molar-refractivity contribution is 0.0675. The number of carbonyl (C=O) groups excluding carboxylic acids is 1. The summed E-state index contributed by atoms with van der Waals surface area (Å²) >= 11 is 0. The lowest BCUT2D eigenvalue weighted by Crippen LogP contribution is -2.36. The summed E-state index contributed by atoms with van der Waals surface area (Å²) in [6.45, 7) is 6.23. The zero-order valence-electron chi connectivity index (χ0n) is 12.9. The van der Waals surface area contributed by atoms with E-state index >= 15 is 0 Å². The van der Waals surface area contributed by atoms with Gasteiger partial charge in [-0.3, -0.25) is 9.48 Å². The van der Waals surface area contributed by atoms with Gasteiger partial charge in [0.25, 0.3) is 5.91 Å². The Balaban J connectivity index is 2.12. The van der Waals surface area contributed by atoms with Gasteiger partial charge in [-0.05, 0) is 30.7 Å². The molecule has 0 radical (unpaired) electrons. The molecule has 5 heteroatoms. The van der Waals surface area contributed by atoms with Gasteiger partial charge >= 0.3 is 0 Å². The first kappa shape index (κ1) is 15.0. The van der Waals surface area contributed by atoms with Crippen LogP contribution in [0.15, 0.2) is 6.07 Å². The summed E-state index contributed by atoms with van der Waals surface area (Å²) in [5, 5.41) is 4.43. The minimum Gasteiger partial charge on any atom is -0.383 e. The molecule has 1 aromatic heterocycles. The summed E-state index contributed by atoms with van der Waals surface area (Å²) in [6.07, 6.45) is 2.47. The highest BCUT2D eigenvalue weighted by Crippen LogP contribution is 2.30. The van der Waals surface area contributed by atoms with Crippen LogP contribution in [0.1, 0.15) is 48.8 Å². The van der Waals surface area contributed by atoms with Gasteiger partial charge in [-0.1, -0.05) is 13.8 Å². The number of aromatic nitrogens is 2. The van der Waals surface area contributed by atoms with E-state index in [1.165, 1.54) is 12.8 Å². The van der Waals surface area contributed by atoms with Crippen molar-refractivity contribution in [2.75, 3.05) is 26.8 Å². The molecule has 1 aliphatic carbocycles. The average Bonchev–Trinajstić information content (AvgIpc) is 3.14. The fraction of sp³-hybridized carbons (Fsp3) is 0.733. The van der Waals surface area contributed by atoms with Crippen LogP contribution in [0.25, 0.3) is 0 Å². The van der Waals surface area contributed by atoms with Gasteiger partial charge in [0.2, 0.25) is 0 Å². The van der Waals surface area contributed by atoms with Crippen molar-refractivity contribution in [3.8, 4) is 0 Å². The van der Waals surface area contributed by atoms with Gasteiger partial charge in [-0.25, -0.2) is 0 Å². The lowest BCUT2D eigenvalue weighted by Gasteiger charge is -2.22. The Labute approximate surface area is 120 Å². The largest absolute Gasteiger partial charge is 0.383 e. The zero-order chi connectivity index (χ0) is 14.7. The van der Waals surface area contributed by atoms with E-state index in [9.17, 15) is 4.79 Å². The first-order valence-electron chi connectivity index (χ1n) is 7.35. The van der Waals surface area contributed by atoms with Gasteiger partial charge in [-0.2, -0.15) is 5.10 Å². The number of hydrogen-bond acceptors (Lipinski definition) is 3. The lowest BCUT2D eigenvalue weighted by atomic mass is 10.1. The van der Waals surface area contributed by atoms with Crippen LogP contribution in [-0.4, -0.2) is 47.4 Å². The number of amides is 1. The molecule has 0 unspecified atom stereocenters. The third-order valence-electron chi connectivity index (χ3n) is 3.74. The number of methoxy groups -OCH3 is 1. The van der Waals surface area contributed by atoms with Crippen molar-refractivity contribution in [3.05, 3.63) is 17.5 Å². The molecule has 0 aromatic carbocycles. The Morgan fingerprint density at radius 3 is 2.75 bits per heavy atom. The summed E-state index contributed by atoms with van der Waals surface area (Å²) in [5.74, 6) is 1.07. The van der Waals surface area contributed by atoms with Crippen LogP contribution < -0.4 is 0 Å². The van der Waals surface area contributed by atoms with E-state index in [-0.39, 0.29) is 5.91 Å². The molecular formula is C15H25N3O2. The van der Waals surface area contributed by atoms with E-state index < -0.39 is 0 Å². The number of aryl methyl sites for hydroxylation is 1. The van der Waals surface area contributed by atoms with Gasteiger partial charge in [-0.15, -0.1) is 0 Å². The standard InChI is InChI=1S/C15H25N3O2/c1-11(2)13-9-14(17(3)16-13)15(19)18(7-8-20-4)10-12-5-6-12/h9,11-12H,5-8,10H2,1-4H3. The molecule has 1 heterocycles. The molecule has 1 aromatic rings. The molecule has 1 fully saturated rings. The van der Waals surface area contributed by atoms with Crippen molar-refractivity contribution in [1.82, 2.24) is 14.7 Å². The Hall–Kier alpha value is -1.36. The highest BCUT2D eigenvalue weighted by Gasteiger charge is 2.28. The maximum Gasteiger partial charge on any atom is 0.272 e. The van der Waals surface area contributed by atoms with Gasteiger partial charge < -0.3 is 9.64 Å². The van der Waals surface area contributed by atoms with Gasteiger partial charge in [0, 0.05) is 27.2 Å². The highest BCUT2D eigenvalue weighted by molar-refractivity contribution is 5.92. The van der Waals surface area contributed by atoms with Crippen molar-refractivity contribution < 1.29 is 9.53 Å². The number of nitrogens with zero attached hydrogens (tertiary/aromatic N) is 3. The molecule has 0 bridgehead atoms. The van der Waals surface area contributed by atoms with Crippen LogP contribution in [0, 0.1) is 5.92 Å². The molecule has 2 rings (SSSR count). The molecule has 1 aliphatic rings. The Kier molecular flexibility index (Phi) is 4.81. The van der Waals surface area contributed by atoms with Crippen LogP contribution >= 0.6 is 0 Å². The molecule has 0 atom stereocenters. The second kappa shape index (κ2) is 6.39. The SMILES string of the molecule is COCCN(CC1CC1)C(=O)c1cc(C(C)C)nn1C. The fourth-order valence-corrected chi connectivity index (χ4v) is 2.22. The second-order valence-corrected chi connectivity index (χ2v) is 5.92. The Morgan fingerprint density at radius 1 is 1.55 bits per heavy atom. The summed E-state index contributed by atoms with van der Waals surface area (Å²) in [5.41, 5.74) is 1.64. The van der Waals surface area contributed by atoms with Crippen LogP contribution in [0.2, 0.25) is 0 Å². The van der Waals surface area contributed by atoms with Gasteiger partial charge in [0.05, 0.1) is 12.3 Å². The minimum absolute atomic E-state index is 0.0656. The molecule has 0 aliphatic heterocycles. The average molecular weight is 279 g/mol. The van der Waals surface area contributed by atoms with Crippen LogP contribution in [-0.2, 0) is 11.8 Å². The molecule has 5 nitrogen and oxygen atoms in total. The predicted octanol–water partition coefficient (Wildman–Crippen LogP) is 2.04. The van der Waals surface area contributed by atoms with E-state index in [1.807, 2.05) is 18.0 Å². The summed E-state index contributed by atoms with van der Waals surface area (Å²) in [4.78, 5) is 14.6. The molecule has 0 spiro atoms. The summed E-state index contributed by atoms with van der Waals surface area (Å²) < 4.78 is 6.82. The second-order valence-electron chi connectivity index (χ2n) is 5.92. The van der Waals surface area contributed by atoms with E-state index in [0.717, 1.165) is 12.2 Å². The highest BCUT2D eigenvalue weighted by atomic mass is 16.5. The monoisotopic (exact) mass is 279 g/mol.